The van der Waals surface area contributed by atoms with E-state index < -0.39 is 17.2 Å². The molecule has 0 aliphatic carbocycles. The third-order valence-corrected chi connectivity index (χ3v) is 8.58. The highest BCUT2D eigenvalue weighted by atomic mass is 16.5. The SMILES string of the molecule is CC1=NC(c2ccccc2)(c2ccccc2)[C@H](c2ccccc2)O1.NC(c1ccccc1)(c1ccccc1)[C@@H](O)c1ccccc1.[CH2-]C. The van der Waals surface area contributed by atoms with E-state index in [1.807, 2.05) is 128 Å². The van der Waals surface area contributed by atoms with Crippen LogP contribution in [0.15, 0.2) is 187 Å². The van der Waals surface area contributed by atoms with E-state index in [9.17, 15) is 5.11 Å². The standard InChI is InChI=1S/C22H19NO.C20H19NO.C2H5/c1-17-23-22(19-13-7-3-8-14-19,20-15-9-4-10-16-20)21(24-17)18-11-5-2-6-12-18;21-20(17-12-6-2-7-13-17,18-14-8-3-9-15-18)19(22)16-10-4-1-5-11-16;1-2/h2-16,21H,1H3;1-15,19,22H,21H2;1H2,2H3/q;;-1/t21-;19-;/m00./s1. The van der Waals surface area contributed by atoms with E-state index >= 15 is 0 Å². The van der Waals surface area contributed by atoms with Crippen LogP contribution in [0.25, 0.3) is 0 Å². The third-order valence-electron chi connectivity index (χ3n) is 8.58. The number of aliphatic imine (C=N–C) groups is 1. The summed E-state index contributed by atoms with van der Waals surface area (Å²) in [6.45, 7) is 6.93. The molecule has 242 valence electrons. The van der Waals surface area contributed by atoms with E-state index in [-0.39, 0.29) is 6.10 Å². The molecule has 3 N–H and O–H groups in total. The van der Waals surface area contributed by atoms with Gasteiger partial charge in [0.05, 0.1) is 5.54 Å². The quantitative estimate of drug-likeness (QED) is 0.172. The summed E-state index contributed by atoms with van der Waals surface area (Å²) in [4.78, 5) is 5.01. The van der Waals surface area contributed by atoms with Crippen LogP contribution in [-0.4, -0.2) is 11.0 Å². The van der Waals surface area contributed by atoms with Crippen LogP contribution in [0.4, 0.5) is 0 Å². The minimum atomic E-state index is -0.996. The molecule has 1 heterocycles. The largest absolute Gasteiger partial charge is 0.470 e. The lowest BCUT2D eigenvalue weighted by Gasteiger charge is -2.36. The van der Waals surface area contributed by atoms with Crippen LogP contribution in [0.5, 0.6) is 0 Å². The smallest absolute Gasteiger partial charge is 0.182 e. The molecule has 0 amide bonds. The number of hydrogen-bond acceptors (Lipinski definition) is 4. The van der Waals surface area contributed by atoms with Gasteiger partial charge in [-0.15, -0.1) is 0 Å². The molecule has 2 atom stereocenters. The van der Waals surface area contributed by atoms with E-state index in [0.717, 1.165) is 39.3 Å². The van der Waals surface area contributed by atoms with Gasteiger partial charge in [-0.1, -0.05) is 182 Å². The molecule has 0 saturated heterocycles. The van der Waals surface area contributed by atoms with Crippen molar-refractivity contribution in [3.8, 4) is 0 Å². The Hall–Kier alpha value is -5.29. The van der Waals surface area contributed by atoms with Gasteiger partial charge in [-0.25, -0.2) is 4.99 Å². The Labute approximate surface area is 285 Å². The summed E-state index contributed by atoms with van der Waals surface area (Å²) < 4.78 is 6.22. The normalized spacial score (nSPS) is 15.4. The van der Waals surface area contributed by atoms with Gasteiger partial charge in [-0.3, -0.25) is 0 Å². The molecule has 4 nitrogen and oxygen atoms in total. The number of nitrogens with two attached hydrogens (primary N) is 1. The number of benzene rings is 6. The molecule has 0 spiro atoms. The van der Waals surface area contributed by atoms with Crippen molar-refractivity contribution in [3.63, 3.8) is 0 Å². The molecule has 0 radical (unpaired) electrons. The zero-order valence-corrected chi connectivity index (χ0v) is 27.6. The highest BCUT2D eigenvalue weighted by Gasteiger charge is 2.49. The lowest BCUT2D eigenvalue weighted by Crippen LogP contribution is -2.44. The highest BCUT2D eigenvalue weighted by Crippen LogP contribution is 2.50. The summed E-state index contributed by atoms with van der Waals surface area (Å²) in [5.74, 6) is 0.719. The van der Waals surface area contributed by atoms with Gasteiger partial charge < -0.3 is 22.5 Å². The van der Waals surface area contributed by atoms with Crippen LogP contribution >= 0.6 is 0 Å². The Morgan fingerprint density at radius 1 is 0.604 bits per heavy atom. The first kappa shape index (κ1) is 34.1. The number of rotatable bonds is 7. The van der Waals surface area contributed by atoms with E-state index in [1.165, 1.54) is 0 Å². The number of aliphatic hydroxyl groups excluding tert-OH is 1. The predicted molar refractivity (Wildman–Crippen MR) is 197 cm³/mol. The molecule has 1 aliphatic heterocycles. The molecular weight excluding hydrogens is 588 g/mol. The maximum atomic E-state index is 11.0. The fourth-order valence-corrected chi connectivity index (χ4v) is 6.32. The van der Waals surface area contributed by atoms with Crippen LogP contribution in [0.2, 0.25) is 0 Å². The zero-order valence-electron chi connectivity index (χ0n) is 27.6. The van der Waals surface area contributed by atoms with Crippen molar-refractivity contribution in [3.05, 3.63) is 222 Å². The maximum absolute atomic E-state index is 11.0. The van der Waals surface area contributed by atoms with E-state index in [2.05, 4.69) is 67.6 Å². The van der Waals surface area contributed by atoms with Crippen LogP contribution < -0.4 is 5.73 Å². The number of hydrogen-bond donors (Lipinski definition) is 2. The summed E-state index contributed by atoms with van der Waals surface area (Å²) in [6, 6.07) is 60.2. The van der Waals surface area contributed by atoms with Crippen LogP contribution in [0.3, 0.4) is 0 Å². The van der Waals surface area contributed by atoms with Crippen molar-refractivity contribution >= 4 is 5.90 Å². The van der Waals surface area contributed by atoms with Crippen LogP contribution in [-0.2, 0) is 15.8 Å². The summed E-state index contributed by atoms with van der Waals surface area (Å²) in [5.41, 5.74) is 11.2. The van der Waals surface area contributed by atoms with E-state index in [1.54, 1.807) is 6.92 Å². The van der Waals surface area contributed by atoms with E-state index in [4.69, 9.17) is 15.5 Å². The fourth-order valence-electron chi connectivity index (χ4n) is 6.32. The van der Waals surface area contributed by atoms with Crippen LogP contribution in [0.1, 0.15) is 59.4 Å². The molecule has 0 unspecified atom stereocenters. The van der Waals surface area contributed by atoms with Gasteiger partial charge in [-0.2, -0.15) is 6.92 Å². The summed E-state index contributed by atoms with van der Waals surface area (Å²) >= 11 is 0. The molecular formula is C44H43N2O2-. The lowest BCUT2D eigenvalue weighted by molar-refractivity contribution is 0.105. The topological polar surface area (TPSA) is 67.8 Å². The van der Waals surface area contributed by atoms with Crippen molar-refractivity contribution in [1.29, 1.82) is 0 Å². The second-order valence-corrected chi connectivity index (χ2v) is 11.5. The molecule has 0 aromatic heterocycles. The summed E-state index contributed by atoms with van der Waals surface area (Å²) in [5, 5.41) is 11.0. The molecule has 6 aromatic rings. The van der Waals surface area contributed by atoms with Gasteiger partial charge in [0.25, 0.3) is 0 Å². The lowest BCUT2D eigenvalue weighted by atomic mass is 9.76. The van der Waals surface area contributed by atoms with Gasteiger partial charge in [0, 0.05) is 6.92 Å². The van der Waals surface area contributed by atoms with Crippen molar-refractivity contribution in [2.45, 2.75) is 37.1 Å². The van der Waals surface area contributed by atoms with Gasteiger partial charge in [-0.05, 0) is 33.4 Å². The maximum Gasteiger partial charge on any atom is 0.182 e. The summed E-state index contributed by atoms with van der Waals surface area (Å²) in [6.07, 6.45) is -1.01. The Bertz CT molecular complexity index is 1750. The molecule has 0 bridgehead atoms. The molecule has 6 aromatic carbocycles. The Balaban J connectivity index is 0.000000179. The Morgan fingerprint density at radius 2 is 0.958 bits per heavy atom. The monoisotopic (exact) mass is 631 g/mol. The molecule has 7 rings (SSSR count). The first-order valence-electron chi connectivity index (χ1n) is 16.3. The van der Waals surface area contributed by atoms with Crippen molar-refractivity contribution in [1.82, 2.24) is 0 Å². The Kier molecular flexibility index (Phi) is 11.4. The van der Waals surface area contributed by atoms with Crippen LogP contribution in [0, 0.1) is 6.92 Å². The number of nitrogens with zero attached hydrogens (tertiary/aromatic N) is 1. The third kappa shape index (κ3) is 7.01. The average Bonchev–Trinajstić information content (AvgIpc) is 3.55. The minimum absolute atomic E-state index is 0.177. The highest BCUT2D eigenvalue weighted by molar-refractivity contribution is 5.78. The first-order chi connectivity index (χ1) is 23.5. The molecule has 48 heavy (non-hydrogen) atoms. The van der Waals surface area contributed by atoms with Crippen molar-refractivity contribution in [2.24, 2.45) is 10.7 Å². The van der Waals surface area contributed by atoms with Crippen molar-refractivity contribution < 1.29 is 9.84 Å². The van der Waals surface area contributed by atoms with Gasteiger partial charge >= 0.3 is 0 Å². The number of aliphatic hydroxyl groups is 1. The first-order valence-corrected chi connectivity index (χ1v) is 16.3. The van der Waals surface area contributed by atoms with Gasteiger partial charge in [0.15, 0.2) is 17.5 Å². The summed E-state index contributed by atoms with van der Waals surface area (Å²) in [7, 11) is 0. The molecule has 0 fully saturated rings. The zero-order chi connectivity index (χ0) is 33.8. The second-order valence-electron chi connectivity index (χ2n) is 11.5. The van der Waals surface area contributed by atoms with Gasteiger partial charge in [0.2, 0.25) is 0 Å². The minimum Gasteiger partial charge on any atom is -0.470 e. The number of ether oxygens (including phenoxy) is 1. The average molecular weight is 632 g/mol. The predicted octanol–water partition coefficient (Wildman–Crippen LogP) is 9.58. The van der Waals surface area contributed by atoms with Crippen molar-refractivity contribution in [2.75, 3.05) is 0 Å². The van der Waals surface area contributed by atoms with E-state index in [0.29, 0.717) is 0 Å². The molecule has 0 saturated carbocycles. The second kappa shape index (κ2) is 16.0. The van der Waals surface area contributed by atoms with Gasteiger partial charge in [0.1, 0.15) is 6.10 Å². The molecule has 4 heteroatoms. The fraction of sp³-hybridized carbons (Fsp3) is 0.136. The molecule has 1 aliphatic rings. The Morgan fingerprint density at radius 3 is 1.38 bits per heavy atom.